The van der Waals surface area contributed by atoms with E-state index in [2.05, 4.69) is 4.98 Å². The molecular weight excluding hydrogens is 202 g/mol. The summed E-state index contributed by atoms with van der Waals surface area (Å²) in [5.74, 6) is 0.399. The lowest BCUT2D eigenvalue weighted by molar-refractivity contribution is 0.278. The van der Waals surface area contributed by atoms with E-state index in [1.807, 2.05) is 6.07 Å². The number of nitrogen functional groups attached to an aromatic ring is 1. The van der Waals surface area contributed by atoms with Gasteiger partial charge in [-0.05, 0) is 18.2 Å². The zero-order valence-corrected chi connectivity index (χ0v) is 8.20. The molecular formula is C9H10ClN3O. The molecule has 0 aliphatic rings. The van der Waals surface area contributed by atoms with E-state index < -0.39 is 0 Å². The number of aliphatic hydroxyl groups excluding tert-OH is 1. The van der Waals surface area contributed by atoms with E-state index in [-0.39, 0.29) is 6.61 Å². The van der Waals surface area contributed by atoms with Crippen LogP contribution in [0.1, 0.15) is 0 Å². The molecule has 0 atom stereocenters. The Bertz CT molecular complexity index is 466. The summed E-state index contributed by atoms with van der Waals surface area (Å²) in [5, 5.41) is 9.48. The lowest BCUT2D eigenvalue weighted by Crippen LogP contribution is -2.05. The van der Waals surface area contributed by atoms with E-state index in [4.69, 9.17) is 22.4 Å². The van der Waals surface area contributed by atoms with Crippen LogP contribution in [0.15, 0.2) is 18.2 Å². The van der Waals surface area contributed by atoms with Crippen LogP contribution in [0, 0.1) is 0 Å². The van der Waals surface area contributed by atoms with Crippen molar-refractivity contribution in [3.05, 3.63) is 23.2 Å². The highest BCUT2D eigenvalue weighted by atomic mass is 35.5. The SMILES string of the molecule is Nc1nc2cc(Cl)ccc2n1CCO. The Balaban J connectivity index is 2.64. The molecule has 2 rings (SSSR count). The van der Waals surface area contributed by atoms with E-state index in [0.29, 0.717) is 17.5 Å². The van der Waals surface area contributed by atoms with Gasteiger partial charge in [-0.3, -0.25) is 0 Å². The van der Waals surface area contributed by atoms with Crippen LogP contribution in [0.2, 0.25) is 5.02 Å². The van der Waals surface area contributed by atoms with Gasteiger partial charge in [0.1, 0.15) is 0 Å². The van der Waals surface area contributed by atoms with Gasteiger partial charge in [0.25, 0.3) is 0 Å². The zero-order chi connectivity index (χ0) is 10.1. The number of halogens is 1. The van der Waals surface area contributed by atoms with Gasteiger partial charge in [-0.2, -0.15) is 0 Å². The molecule has 0 saturated heterocycles. The third-order valence-corrected chi connectivity index (χ3v) is 2.30. The predicted molar refractivity (Wildman–Crippen MR) is 56.2 cm³/mol. The van der Waals surface area contributed by atoms with Gasteiger partial charge in [0.2, 0.25) is 5.95 Å². The molecule has 14 heavy (non-hydrogen) atoms. The second kappa shape index (κ2) is 3.48. The summed E-state index contributed by atoms with van der Waals surface area (Å²) in [5.41, 5.74) is 7.33. The van der Waals surface area contributed by atoms with Crippen molar-refractivity contribution in [1.82, 2.24) is 9.55 Å². The van der Waals surface area contributed by atoms with Gasteiger partial charge in [-0.25, -0.2) is 4.98 Å². The lowest BCUT2D eigenvalue weighted by Gasteiger charge is -2.02. The number of anilines is 1. The Hall–Kier alpha value is -1.26. The van der Waals surface area contributed by atoms with Gasteiger partial charge >= 0.3 is 0 Å². The molecule has 0 unspecified atom stereocenters. The number of rotatable bonds is 2. The molecule has 0 spiro atoms. The topological polar surface area (TPSA) is 64.1 Å². The minimum atomic E-state index is 0.0400. The van der Waals surface area contributed by atoms with E-state index in [9.17, 15) is 0 Å². The highest BCUT2D eigenvalue weighted by Gasteiger charge is 2.07. The quantitative estimate of drug-likeness (QED) is 0.786. The van der Waals surface area contributed by atoms with Crippen LogP contribution in [0.25, 0.3) is 11.0 Å². The minimum absolute atomic E-state index is 0.0400. The first kappa shape index (κ1) is 9.30. The molecule has 74 valence electrons. The normalized spacial score (nSPS) is 11.0. The second-order valence-electron chi connectivity index (χ2n) is 2.98. The third-order valence-electron chi connectivity index (χ3n) is 2.06. The fourth-order valence-electron chi connectivity index (χ4n) is 1.46. The van der Waals surface area contributed by atoms with Gasteiger partial charge in [-0.15, -0.1) is 0 Å². The summed E-state index contributed by atoms with van der Waals surface area (Å²) >= 11 is 5.82. The van der Waals surface area contributed by atoms with Crippen molar-refractivity contribution in [2.75, 3.05) is 12.3 Å². The summed E-state index contributed by atoms with van der Waals surface area (Å²) < 4.78 is 1.76. The molecule has 0 fully saturated rings. The smallest absolute Gasteiger partial charge is 0.201 e. The van der Waals surface area contributed by atoms with Crippen LogP contribution in [-0.2, 0) is 6.54 Å². The van der Waals surface area contributed by atoms with Gasteiger partial charge < -0.3 is 15.4 Å². The number of nitrogens with two attached hydrogens (primary N) is 1. The Kier molecular flexibility index (Phi) is 2.31. The van der Waals surface area contributed by atoms with E-state index >= 15 is 0 Å². The van der Waals surface area contributed by atoms with Gasteiger partial charge in [0.15, 0.2) is 0 Å². The van der Waals surface area contributed by atoms with E-state index in [1.165, 1.54) is 0 Å². The lowest BCUT2D eigenvalue weighted by atomic mass is 10.3. The summed E-state index contributed by atoms with van der Waals surface area (Å²) in [7, 11) is 0. The maximum atomic E-state index is 8.85. The molecule has 1 aromatic heterocycles. The maximum Gasteiger partial charge on any atom is 0.201 e. The first-order chi connectivity index (χ1) is 6.72. The summed E-state index contributed by atoms with van der Waals surface area (Å²) in [6, 6.07) is 5.37. The summed E-state index contributed by atoms with van der Waals surface area (Å²) in [6.45, 7) is 0.488. The van der Waals surface area contributed by atoms with Crippen LogP contribution in [0.4, 0.5) is 5.95 Å². The number of nitrogens with zero attached hydrogens (tertiary/aromatic N) is 2. The molecule has 0 bridgehead atoms. The van der Waals surface area contributed by atoms with Gasteiger partial charge in [0.05, 0.1) is 17.6 Å². The van der Waals surface area contributed by atoms with Crippen molar-refractivity contribution in [1.29, 1.82) is 0 Å². The number of hydrogen-bond acceptors (Lipinski definition) is 3. The Morgan fingerprint density at radius 2 is 2.29 bits per heavy atom. The van der Waals surface area contributed by atoms with Crippen LogP contribution < -0.4 is 5.73 Å². The highest BCUT2D eigenvalue weighted by Crippen LogP contribution is 2.21. The average molecular weight is 212 g/mol. The molecule has 0 aliphatic carbocycles. The van der Waals surface area contributed by atoms with Crippen LogP contribution in [0.5, 0.6) is 0 Å². The summed E-state index contributed by atoms with van der Waals surface area (Å²) in [4.78, 5) is 4.14. The number of benzene rings is 1. The molecule has 0 amide bonds. The van der Waals surface area contributed by atoms with Crippen LogP contribution in [0.3, 0.4) is 0 Å². The highest BCUT2D eigenvalue weighted by molar-refractivity contribution is 6.31. The van der Waals surface area contributed by atoms with Crippen molar-refractivity contribution in [2.45, 2.75) is 6.54 Å². The number of aliphatic hydroxyl groups is 1. The van der Waals surface area contributed by atoms with Crippen molar-refractivity contribution < 1.29 is 5.11 Å². The molecule has 3 N–H and O–H groups in total. The van der Waals surface area contributed by atoms with Crippen LogP contribution in [-0.4, -0.2) is 21.3 Å². The number of hydrogen-bond donors (Lipinski definition) is 2. The molecule has 2 aromatic rings. The molecule has 0 saturated carbocycles. The number of aromatic nitrogens is 2. The Morgan fingerprint density at radius 3 is 3.00 bits per heavy atom. The van der Waals surface area contributed by atoms with Crippen LogP contribution >= 0.6 is 11.6 Å². The Morgan fingerprint density at radius 1 is 1.50 bits per heavy atom. The number of imidazole rings is 1. The van der Waals surface area contributed by atoms with Gasteiger partial charge in [-0.1, -0.05) is 11.6 Å². The van der Waals surface area contributed by atoms with E-state index in [1.54, 1.807) is 16.7 Å². The van der Waals surface area contributed by atoms with Crippen molar-refractivity contribution in [3.8, 4) is 0 Å². The van der Waals surface area contributed by atoms with Gasteiger partial charge in [0, 0.05) is 11.6 Å². The van der Waals surface area contributed by atoms with Crippen molar-refractivity contribution in [3.63, 3.8) is 0 Å². The standard InChI is InChI=1S/C9H10ClN3O/c10-6-1-2-8-7(5-6)12-9(11)13(8)3-4-14/h1-2,5,14H,3-4H2,(H2,11,12). The molecule has 4 nitrogen and oxygen atoms in total. The fraction of sp³-hybridized carbons (Fsp3) is 0.222. The fourth-order valence-corrected chi connectivity index (χ4v) is 1.62. The summed E-state index contributed by atoms with van der Waals surface area (Å²) in [6.07, 6.45) is 0. The largest absolute Gasteiger partial charge is 0.395 e. The first-order valence-corrected chi connectivity index (χ1v) is 4.62. The number of fused-ring (bicyclic) bond motifs is 1. The Labute approximate surface area is 85.9 Å². The monoisotopic (exact) mass is 211 g/mol. The molecule has 5 heteroatoms. The second-order valence-corrected chi connectivity index (χ2v) is 3.41. The predicted octanol–water partition coefficient (Wildman–Crippen LogP) is 1.26. The minimum Gasteiger partial charge on any atom is -0.395 e. The third kappa shape index (κ3) is 1.42. The zero-order valence-electron chi connectivity index (χ0n) is 7.44. The molecule has 1 heterocycles. The van der Waals surface area contributed by atoms with Crippen molar-refractivity contribution in [2.24, 2.45) is 0 Å². The molecule has 0 aliphatic heterocycles. The first-order valence-electron chi connectivity index (χ1n) is 4.24. The average Bonchev–Trinajstić information content (AvgIpc) is 2.43. The molecule has 1 aromatic carbocycles. The van der Waals surface area contributed by atoms with E-state index in [0.717, 1.165) is 11.0 Å². The maximum absolute atomic E-state index is 8.85. The van der Waals surface area contributed by atoms with Crippen molar-refractivity contribution >= 4 is 28.6 Å². The molecule has 0 radical (unpaired) electrons.